The topological polar surface area (TPSA) is 84.0 Å². The molecule has 1 aliphatic rings. The molecule has 2 heterocycles. The largest absolute Gasteiger partial charge is 0.497 e. The van der Waals surface area contributed by atoms with Crippen LogP contribution in [0.4, 0.5) is 10.5 Å². The van der Waals surface area contributed by atoms with Gasteiger partial charge in [0.25, 0.3) is 5.91 Å². The summed E-state index contributed by atoms with van der Waals surface area (Å²) < 4.78 is 10.4. The normalized spacial score (nSPS) is 13.8. The summed E-state index contributed by atoms with van der Waals surface area (Å²) in [6.45, 7) is 2.57. The predicted octanol–water partition coefficient (Wildman–Crippen LogP) is 4.93. The molecule has 0 radical (unpaired) electrons. The van der Waals surface area contributed by atoms with Crippen molar-refractivity contribution in [2.45, 2.75) is 25.8 Å². The van der Waals surface area contributed by atoms with E-state index in [1.165, 1.54) is 16.9 Å². The minimum atomic E-state index is -0.259. The number of aromatic nitrogens is 1. The molecule has 0 saturated carbocycles. The van der Waals surface area contributed by atoms with Gasteiger partial charge in [0.05, 0.1) is 20.3 Å². The highest BCUT2D eigenvalue weighted by Gasteiger charge is 2.26. The second-order valence-electron chi connectivity index (χ2n) is 9.12. The first kappa shape index (κ1) is 26.6. The first-order chi connectivity index (χ1) is 18.1. The molecule has 1 fully saturated rings. The fourth-order valence-corrected chi connectivity index (χ4v) is 5.21. The van der Waals surface area contributed by atoms with Crippen LogP contribution in [0.3, 0.4) is 0 Å². The van der Waals surface area contributed by atoms with Crippen LogP contribution >= 0.6 is 11.3 Å². The molecule has 0 spiro atoms. The van der Waals surface area contributed by atoms with Crippen LogP contribution in [0.2, 0.25) is 0 Å². The molecule has 4 rings (SSSR count). The number of anilines is 1. The molecule has 0 bridgehead atoms. The first-order valence-corrected chi connectivity index (χ1v) is 13.4. The number of amides is 3. The fraction of sp³-hybridized carbons (Fsp3) is 0.393. The molecule has 0 unspecified atom stereocenters. The number of carbonyl (C=O) groups is 2. The summed E-state index contributed by atoms with van der Waals surface area (Å²) in [5, 5.41) is 5.41. The van der Waals surface area contributed by atoms with Gasteiger partial charge in [0.2, 0.25) is 0 Å². The van der Waals surface area contributed by atoms with Gasteiger partial charge in [-0.25, -0.2) is 9.78 Å². The van der Waals surface area contributed by atoms with E-state index in [4.69, 9.17) is 9.47 Å². The lowest BCUT2D eigenvalue weighted by Crippen LogP contribution is -2.39. The lowest BCUT2D eigenvalue weighted by Gasteiger charge is -2.31. The number of nitrogens with zero attached hydrogens (tertiary/aromatic N) is 3. The van der Waals surface area contributed by atoms with E-state index in [0.717, 1.165) is 38.1 Å². The number of hydrogen-bond donors (Lipinski definition) is 1. The van der Waals surface area contributed by atoms with Crippen molar-refractivity contribution >= 4 is 29.0 Å². The van der Waals surface area contributed by atoms with Crippen molar-refractivity contribution in [2.75, 3.05) is 45.8 Å². The Morgan fingerprint density at radius 3 is 2.49 bits per heavy atom. The van der Waals surface area contributed by atoms with Gasteiger partial charge in [-0.3, -0.25) is 4.79 Å². The van der Waals surface area contributed by atoms with Crippen LogP contribution in [0.5, 0.6) is 5.75 Å². The summed E-state index contributed by atoms with van der Waals surface area (Å²) >= 11 is 1.40. The van der Waals surface area contributed by atoms with Gasteiger partial charge in [-0.15, -0.1) is 11.3 Å². The average Bonchev–Trinajstić information content (AvgIpc) is 3.40. The SMILES string of the molecule is COCCN(Cc1nc(C(=O)N2CCC(Cc3ccccc3)CC2)cs1)C(=O)Nc1ccc(OC)cc1. The van der Waals surface area contributed by atoms with Crippen LogP contribution in [0.25, 0.3) is 0 Å². The third kappa shape index (κ3) is 7.53. The molecule has 37 heavy (non-hydrogen) atoms. The molecule has 3 amide bonds. The zero-order valence-electron chi connectivity index (χ0n) is 21.4. The van der Waals surface area contributed by atoms with E-state index in [9.17, 15) is 9.59 Å². The van der Waals surface area contributed by atoms with Crippen LogP contribution in [-0.4, -0.2) is 67.2 Å². The van der Waals surface area contributed by atoms with Gasteiger partial charge in [0.15, 0.2) is 0 Å². The summed E-state index contributed by atoms with van der Waals surface area (Å²) in [5.41, 5.74) is 2.47. The Kier molecular flexibility index (Phi) is 9.51. The minimum absolute atomic E-state index is 0.0354. The number of thiazole rings is 1. The summed E-state index contributed by atoms with van der Waals surface area (Å²) in [5.74, 6) is 1.28. The van der Waals surface area contributed by atoms with Gasteiger partial charge in [-0.05, 0) is 55.0 Å². The van der Waals surface area contributed by atoms with Gasteiger partial charge in [-0.2, -0.15) is 0 Å². The molecule has 1 saturated heterocycles. The van der Waals surface area contributed by atoms with E-state index in [0.29, 0.717) is 42.0 Å². The van der Waals surface area contributed by atoms with Crippen molar-refractivity contribution in [3.05, 3.63) is 76.2 Å². The van der Waals surface area contributed by atoms with Crippen LogP contribution in [0, 0.1) is 5.92 Å². The number of likely N-dealkylation sites (tertiary alicyclic amines) is 1. The number of hydrogen-bond acceptors (Lipinski definition) is 6. The predicted molar refractivity (Wildman–Crippen MR) is 145 cm³/mol. The van der Waals surface area contributed by atoms with Crippen LogP contribution in [0.1, 0.15) is 33.9 Å². The van der Waals surface area contributed by atoms with Crippen molar-refractivity contribution in [1.29, 1.82) is 0 Å². The van der Waals surface area contributed by atoms with E-state index in [2.05, 4.69) is 34.6 Å². The molecular formula is C28H34N4O4S. The second kappa shape index (κ2) is 13.2. The van der Waals surface area contributed by atoms with Crippen molar-refractivity contribution in [1.82, 2.24) is 14.8 Å². The number of ether oxygens (including phenoxy) is 2. The van der Waals surface area contributed by atoms with Gasteiger partial charge in [0, 0.05) is 37.8 Å². The smallest absolute Gasteiger partial charge is 0.322 e. The van der Waals surface area contributed by atoms with Gasteiger partial charge in [0.1, 0.15) is 16.5 Å². The molecule has 0 aliphatic carbocycles. The number of piperidine rings is 1. The maximum absolute atomic E-state index is 13.1. The molecule has 8 nitrogen and oxygen atoms in total. The third-order valence-corrected chi connectivity index (χ3v) is 7.39. The molecule has 196 valence electrons. The summed E-state index contributed by atoms with van der Waals surface area (Å²) in [6, 6.07) is 17.4. The van der Waals surface area contributed by atoms with Crippen molar-refractivity contribution in [3.8, 4) is 5.75 Å². The molecule has 1 N–H and O–H groups in total. The highest BCUT2D eigenvalue weighted by molar-refractivity contribution is 7.09. The van der Waals surface area contributed by atoms with E-state index >= 15 is 0 Å². The maximum atomic E-state index is 13.1. The van der Waals surface area contributed by atoms with Crippen molar-refractivity contribution in [2.24, 2.45) is 5.92 Å². The van der Waals surface area contributed by atoms with Crippen molar-refractivity contribution < 1.29 is 19.1 Å². The van der Waals surface area contributed by atoms with Crippen molar-refractivity contribution in [3.63, 3.8) is 0 Å². The highest BCUT2D eigenvalue weighted by Crippen LogP contribution is 2.24. The number of rotatable bonds is 10. The summed E-state index contributed by atoms with van der Waals surface area (Å²) in [7, 11) is 3.20. The second-order valence-corrected chi connectivity index (χ2v) is 10.1. The molecule has 1 aromatic heterocycles. The Morgan fingerprint density at radius 1 is 1.08 bits per heavy atom. The first-order valence-electron chi connectivity index (χ1n) is 12.5. The highest BCUT2D eigenvalue weighted by atomic mass is 32.1. The molecule has 2 aromatic carbocycles. The number of methoxy groups -OCH3 is 2. The molecule has 0 atom stereocenters. The van der Waals surface area contributed by atoms with Gasteiger partial charge in [-0.1, -0.05) is 30.3 Å². The number of nitrogens with one attached hydrogen (secondary N) is 1. The van der Waals surface area contributed by atoms with Crippen LogP contribution in [0.15, 0.2) is 60.0 Å². The van der Waals surface area contributed by atoms with Gasteiger partial charge < -0.3 is 24.6 Å². The summed E-state index contributed by atoms with van der Waals surface area (Å²) in [6.07, 6.45) is 3.04. The number of urea groups is 1. The number of benzene rings is 2. The quantitative estimate of drug-likeness (QED) is 0.408. The Balaban J connectivity index is 1.32. The minimum Gasteiger partial charge on any atom is -0.497 e. The Labute approximate surface area is 222 Å². The molecule has 9 heteroatoms. The van der Waals surface area contributed by atoms with Gasteiger partial charge >= 0.3 is 6.03 Å². The van der Waals surface area contributed by atoms with Crippen LogP contribution in [-0.2, 0) is 17.7 Å². The Hall–Kier alpha value is -3.43. The molecule has 3 aromatic rings. The average molecular weight is 523 g/mol. The molecule has 1 aliphatic heterocycles. The molecular weight excluding hydrogens is 488 g/mol. The zero-order valence-corrected chi connectivity index (χ0v) is 22.2. The maximum Gasteiger partial charge on any atom is 0.322 e. The standard InChI is InChI=1S/C28H34N4O4S/c1-35-17-16-32(28(34)29-23-8-10-24(36-2)11-9-23)19-26-30-25(20-37-26)27(33)31-14-12-22(13-15-31)18-21-6-4-3-5-7-21/h3-11,20,22H,12-19H2,1-2H3,(H,29,34). The summed E-state index contributed by atoms with van der Waals surface area (Å²) in [4.78, 5) is 34.2. The monoisotopic (exact) mass is 522 g/mol. The van der Waals surface area contributed by atoms with E-state index < -0.39 is 0 Å². The van der Waals surface area contributed by atoms with E-state index in [1.54, 1.807) is 48.8 Å². The Morgan fingerprint density at radius 2 is 1.81 bits per heavy atom. The van der Waals surface area contributed by atoms with E-state index in [1.807, 2.05) is 11.0 Å². The lowest BCUT2D eigenvalue weighted by molar-refractivity contribution is 0.0685. The fourth-order valence-electron chi connectivity index (χ4n) is 4.43. The zero-order chi connectivity index (χ0) is 26.0. The third-order valence-electron chi connectivity index (χ3n) is 6.56. The number of carbonyl (C=O) groups excluding carboxylic acids is 2. The van der Waals surface area contributed by atoms with E-state index in [-0.39, 0.29) is 11.9 Å². The van der Waals surface area contributed by atoms with Crippen LogP contribution < -0.4 is 10.1 Å². The Bertz CT molecular complexity index is 1140. The lowest BCUT2D eigenvalue weighted by atomic mass is 9.90.